The predicted octanol–water partition coefficient (Wildman–Crippen LogP) is 1.70. The van der Waals surface area contributed by atoms with Gasteiger partial charge < -0.3 is 10.0 Å². The number of nitrogens with zero attached hydrogens (tertiary/aromatic N) is 3. The normalized spacial score (nSPS) is 19.6. The number of aryl methyl sites for hydroxylation is 1. The minimum absolute atomic E-state index is 0.426. The highest BCUT2D eigenvalue weighted by atomic mass is 16.4. The van der Waals surface area contributed by atoms with Gasteiger partial charge in [-0.1, -0.05) is 0 Å². The van der Waals surface area contributed by atoms with Gasteiger partial charge in [0.1, 0.15) is 11.9 Å². The van der Waals surface area contributed by atoms with Crippen LogP contribution in [0.2, 0.25) is 0 Å². The molecule has 2 aromatic heterocycles. The third-order valence-corrected chi connectivity index (χ3v) is 3.45. The number of anilines is 1. The average Bonchev–Trinajstić information content (AvgIpc) is 2.92. The Labute approximate surface area is 105 Å². The van der Waals surface area contributed by atoms with Gasteiger partial charge in [0.2, 0.25) is 0 Å². The van der Waals surface area contributed by atoms with Crippen molar-refractivity contribution in [3.8, 4) is 0 Å². The number of carboxylic acids is 1. The maximum absolute atomic E-state index is 11.2. The maximum atomic E-state index is 11.2. The van der Waals surface area contributed by atoms with Gasteiger partial charge in [0.05, 0.1) is 11.2 Å². The maximum Gasteiger partial charge on any atom is 0.326 e. The van der Waals surface area contributed by atoms with Crippen molar-refractivity contribution in [2.75, 3.05) is 11.4 Å². The molecule has 1 aliphatic rings. The summed E-state index contributed by atoms with van der Waals surface area (Å²) in [5, 5.41) is 13.7. The summed E-state index contributed by atoms with van der Waals surface area (Å²) in [5.74, 6) is 0.119. The first kappa shape index (κ1) is 11.1. The van der Waals surface area contributed by atoms with Gasteiger partial charge in [0.25, 0.3) is 0 Å². The Hall–Kier alpha value is -2.04. The van der Waals surface area contributed by atoms with E-state index in [4.69, 9.17) is 0 Å². The molecular weight excluding hydrogens is 230 g/mol. The number of aromatic nitrogens is 2. The van der Waals surface area contributed by atoms with Crippen LogP contribution in [0.25, 0.3) is 5.52 Å². The van der Waals surface area contributed by atoms with Crippen LogP contribution in [-0.2, 0) is 4.79 Å². The molecule has 1 unspecified atom stereocenters. The molecule has 0 aromatic carbocycles. The minimum atomic E-state index is -0.755. The highest BCUT2D eigenvalue weighted by Crippen LogP contribution is 2.27. The van der Waals surface area contributed by atoms with Crippen LogP contribution in [0.1, 0.15) is 18.5 Å². The lowest BCUT2D eigenvalue weighted by Gasteiger charge is -2.22. The number of hydrogen-bond acceptors (Lipinski definition) is 3. The summed E-state index contributed by atoms with van der Waals surface area (Å²) < 4.78 is 1.83. The first-order valence-electron chi connectivity index (χ1n) is 6.11. The fourth-order valence-electron chi connectivity index (χ4n) is 2.58. The number of hydrogen-bond donors (Lipinski definition) is 1. The molecule has 1 N–H and O–H groups in total. The van der Waals surface area contributed by atoms with E-state index in [0.717, 1.165) is 30.0 Å². The number of carbonyl (C=O) groups is 1. The van der Waals surface area contributed by atoms with Crippen molar-refractivity contribution in [3.63, 3.8) is 0 Å². The van der Waals surface area contributed by atoms with Gasteiger partial charge in [-0.25, -0.2) is 9.31 Å². The van der Waals surface area contributed by atoms with Gasteiger partial charge in [0.15, 0.2) is 0 Å². The highest BCUT2D eigenvalue weighted by molar-refractivity contribution is 5.79. The minimum Gasteiger partial charge on any atom is -0.480 e. The molecular formula is C13H15N3O2. The van der Waals surface area contributed by atoms with Gasteiger partial charge in [-0.3, -0.25) is 0 Å². The van der Waals surface area contributed by atoms with Crippen LogP contribution in [0.15, 0.2) is 24.3 Å². The molecule has 0 amide bonds. The molecule has 1 fully saturated rings. The van der Waals surface area contributed by atoms with Crippen molar-refractivity contribution < 1.29 is 9.90 Å². The Morgan fingerprint density at radius 3 is 2.94 bits per heavy atom. The Morgan fingerprint density at radius 1 is 1.39 bits per heavy atom. The van der Waals surface area contributed by atoms with Crippen molar-refractivity contribution >= 4 is 17.3 Å². The van der Waals surface area contributed by atoms with Gasteiger partial charge in [0, 0.05) is 6.54 Å². The quantitative estimate of drug-likeness (QED) is 0.874. The molecule has 2 aromatic rings. The SMILES string of the molecule is Cc1ccc2ccc(N3CCCC3C(=O)O)n2n1. The van der Waals surface area contributed by atoms with Crippen LogP contribution < -0.4 is 4.90 Å². The molecule has 3 heterocycles. The Balaban J connectivity index is 2.08. The first-order chi connectivity index (χ1) is 8.66. The largest absolute Gasteiger partial charge is 0.480 e. The Bertz CT molecular complexity index is 605. The van der Waals surface area contributed by atoms with E-state index in [2.05, 4.69) is 5.10 Å². The third-order valence-electron chi connectivity index (χ3n) is 3.45. The summed E-state index contributed by atoms with van der Waals surface area (Å²) >= 11 is 0. The second-order valence-corrected chi connectivity index (χ2v) is 4.69. The molecule has 0 saturated carbocycles. The summed E-state index contributed by atoms with van der Waals surface area (Å²) in [4.78, 5) is 13.2. The van der Waals surface area contributed by atoms with Crippen LogP contribution >= 0.6 is 0 Å². The van der Waals surface area contributed by atoms with Gasteiger partial charge in [-0.2, -0.15) is 5.10 Å². The van der Waals surface area contributed by atoms with E-state index >= 15 is 0 Å². The summed E-state index contributed by atoms with van der Waals surface area (Å²) in [5.41, 5.74) is 1.91. The van der Waals surface area contributed by atoms with Crippen molar-refractivity contribution in [3.05, 3.63) is 30.0 Å². The summed E-state index contributed by atoms with van der Waals surface area (Å²) in [6.07, 6.45) is 1.62. The van der Waals surface area contributed by atoms with Crippen LogP contribution in [0.5, 0.6) is 0 Å². The second-order valence-electron chi connectivity index (χ2n) is 4.69. The van der Waals surface area contributed by atoms with E-state index in [9.17, 15) is 9.90 Å². The number of aliphatic carboxylic acids is 1. The molecule has 18 heavy (non-hydrogen) atoms. The summed E-state index contributed by atoms with van der Waals surface area (Å²) in [6.45, 7) is 2.71. The number of rotatable bonds is 2. The zero-order chi connectivity index (χ0) is 12.7. The van der Waals surface area contributed by atoms with E-state index in [1.165, 1.54) is 0 Å². The molecule has 1 atom stereocenters. The van der Waals surface area contributed by atoms with Crippen molar-refractivity contribution in [2.24, 2.45) is 0 Å². The van der Waals surface area contributed by atoms with E-state index in [0.29, 0.717) is 6.42 Å². The fourth-order valence-corrected chi connectivity index (χ4v) is 2.58. The standard InChI is InChI=1S/C13H15N3O2/c1-9-4-5-10-6-7-12(16(10)14-9)15-8-2-3-11(15)13(17)18/h4-7,11H,2-3,8H2,1H3,(H,17,18). The third kappa shape index (κ3) is 1.63. The summed E-state index contributed by atoms with van der Waals surface area (Å²) in [7, 11) is 0. The smallest absolute Gasteiger partial charge is 0.326 e. The lowest BCUT2D eigenvalue weighted by Crippen LogP contribution is -2.36. The molecule has 3 rings (SSSR count). The molecule has 0 aliphatic carbocycles. The van der Waals surface area contributed by atoms with Gasteiger partial charge in [-0.05, 0) is 44.0 Å². The Morgan fingerprint density at radius 2 is 2.17 bits per heavy atom. The van der Waals surface area contributed by atoms with Crippen molar-refractivity contribution in [1.82, 2.24) is 9.61 Å². The van der Waals surface area contributed by atoms with E-state index in [-0.39, 0.29) is 0 Å². The van der Waals surface area contributed by atoms with Gasteiger partial charge >= 0.3 is 5.97 Å². The predicted molar refractivity (Wildman–Crippen MR) is 67.9 cm³/mol. The zero-order valence-electron chi connectivity index (χ0n) is 10.2. The van der Waals surface area contributed by atoms with Crippen molar-refractivity contribution in [1.29, 1.82) is 0 Å². The highest BCUT2D eigenvalue weighted by Gasteiger charge is 2.32. The van der Waals surface area contributed by atoms with Crippen LogP contribution in [0, 0.1) is 6.92 Å². The van der Waals surface area contributed by atoms with Crippen LogP contribution in [-0.4, -0.2) is 33.3 Å². The number of carboxylic acid groups (broad SMARTS) is 1. The molecule has 5 nitrogen and oxygen atoms in total. The van der Waals surface area contributed by atoms with Crippen LogP contribution in [0.4, 0.5) is 5.82 Å². The van der Waals surface area contributed by atoms with Crippen molar-refractivity contribution in [2.45, 2.75) is 25.8 Å². The lowest BCUT2D eigenvalue weighted by atomic mass is 10.2. The first-order valence-corrected chi connectivity index (χ1v) is 6.11. The molecule has 5 heteroatoms. The molecule has 0 bridgehead atoms. The zero-order valence-corrected chi connectivity index (χ0v) is 10.2. The average molecular weight is 245 g/mol. The molecule has 94 valence electrons. The van der Waals surface area contributed by atoms with E-state index in [1.807, 2.05) is 40.6 Å². The summed E-state index contributed by atoms with van der Waals surface area (Å²) in [6, 6.07) is 7.45. The monoisotopic (exact) mass is 245 g/mol. The molecule has 1 aliphatic heterocycles. The van der Waals surface area contributed by atoms with E-state index in [1.54, 1.807) is 0 Å². The molecule has 0 radical (unpaired) electrons. The molecule has 1 saturated heterocycles. The second kappa shape index (κ2) is 4.01. The molecule has 0 spiro atoms. The van der Waals surface area contributed by atoms with Crippen LogP contribution in [0.3, 0.4) is 0 Å². The van der Waals surface area contributed by atoms with E-state index < -0.39 is 12.0 Å². The number of fused-ring (bicyclic) bond motifs is 1. The fraction of sp³-hybridized carbons (Fsp3) is 0.385. The lowest BCUT2D eigenvalue weighted by molar-refractivity contribution is -0.138. The topological polar surface area (TPSA) is 57.8 Å². The van der Waals surface area contributed by atoms with Gasteiger partial charge in [-0.15, -0.1) is 0 Å². The Kier molecular flexibility index (Phi) is 2.47.